The van der Waals surface area contributed by atoms with Gasteiger partial charge < -0.3 is 4.42 Å². The second kappa shape index (κ2) is 9.86. The predicted octanol–water partition coefficient (Wildman–Crippen LogP) is 2.96. The van der Waals surface area contributed by atoms with E-state index in [1.165, 1.54) is 11.8 Å². The molecule has 0 bridgehead atoms. The molecule has 0 aliphatic rings. The Morgan fingerprint density at radius 2 is 1.87 bits per heavy atom. The first-order chi connectivity index (χ1) is 15.2. The van der Waals surface area contributed by atoms with E-state index in [4.69, 9.17) is 4.42 Å². The molecule has 0 aliphatic heterocycles. The van der Waals surface area contributed by atoms with Crippen molar-refractivity contribution in [1.82, 2.24) is 25.1 Å². The minimum absolute atomic E-state index is 0.0316. The molecular formula is C22H19N5O3S. The third-order valence-corrected chi connectivity index (χ3v) is 5.32. The molecule has 3 aromatic heterocycles. The zero-order valence-electron chi connectivity index (χ0n) is 16.5. The molecule has 4 rings (SSSR count). The Morgan fingerprint density at radius 3 is 2.61 bits per heavy atom. The topological polar surface area (TPSA) is 103 Å². The Labute approximate surface area is 182 Å². The maximum Gasteiger partial charge on any atom is 0.237 e. The number of amides is 2. The summed E-state index contributed by atoms with van der Waals surface area (Å²) < 4.78 is 7.32. The van der Waals surface area contributed by atoms with E-state index in [0.29, 0.717) is 17.5 Å². The van der Waals surface area contributed by atoms with Crippen molar-refractivity contribution in [2.24, 2.45) is 0 Å². The van der Waals surface area contributed by atoms with Gasteiger partial charge in [-0.05, 0) is 29.8 Å². The summed E-state index contributed by atoms with van der Waals surface area (Å²) in [5, 5.41) is 11.5. The van der Waals surface area contributed by atoms with Gasteiger partial charge in [-0.15, -0.1) is 10.2 Å². The Balaban J connectivity index is 1.43. The zero-order valence-corrected chi connectivity index (χ0v) is 17.3. The van der Waals surface area contributed by atoms with Crippen LogP contribution in [-0.4, -0.2) is 37.3 Å². The van der Waals surface area contributed by atoms with Crippen LogP contribution in [0.4, 0.5) is 0 Å². The predicted molar refractivity (Wildman–Crippen MR) is 115 cm³/mol. The number of carbonyl (C=O) groups excluding carboxylic acids is 2. The monoisotopic (exact) mass is 433 g/mol. The van der Waals surface area contributed by atoms with Crippen molar-refractivity contribution in [3.8, 4) is 11.4 Å². The van der Waals surface area contributed by atoms with Crippen molar-refractivity contribution in [2.45, 2.75) is 18.1 Å². The van der Waals surface area contributed by atoms with Gasteiger partial charge >= 0.3 is 0 Å². The first-order valence-electron chi connectivity index (χ1n) is 9.54. The Kier molecular flexibility index (Phi) is 6.53. The number of rotatable bonds is 8. The molecule has 0 saturated carbocycles. The Morgan fingerprint density at radius 1 is 1.00 bits per heavy atom. The molecular weight excluding hydrogens is 414 g/mol. The molecule has 0 atom stereocenters. The average molecular weight is 433 g/mol. The maximum absolute atomic E-state index is 12.3. The van der Waals surface area contributed by atoms with Crippen LogP contribution >= 0.6 is 11.8 Å². The van der Waals surface area contributed by atoms with Crippen molar-refractivity contribution in [3.05, 3.63) is 84.6 Å². The van der Waals surface area contributed by atoms with Crippen LogP contribution in [0.15, 0.2) is 82.8 Å². The van der Waals surface area contributed by atoms with Crippen LogP contribution < -0.4 is 5.32 Å². The molecule has 3 heterocycles. The summed E-state index contributed by atoms with van der Waals surface area (Å²) >= 11 is 1.20. The number of imide groups is 1. The smallest absolute Gasteiger partial charge is 0.237 e. The molecule has 0 spiro atoms. The van der Waals surface area contributed by atoms with E-state index in [9.17, 15) is 9.59 Å². The number of thioether (sulfide) groups is 1. The van der Waals surface area contributed by atoms with Crippen LogP contribution in [0, 0.1) is 0 Å². The highest BCUT2D eigenvalue weighted by molar-refractivity contribution is 7.99. The van der Waals surface area contributed by atoms with Crippen molar-refractivity contribution in [1.29, 1.82) is 0 Å². The van der Waals surface area contributed by atoms with Gasteiger partial charge in [0, 0.05) is 18.0 Å². The van der Waals surface area contributed by atoms with Crippen molar-refractivity contribution < 1.29 is 14.0 Å². The molecule has 9 heteroatoms. The molecule has 0 aliphatic carbocycles. The third kappa shape index (κ3) is 5.46. The molecule has 0 saturated heterocycles. The van der Waals surface area contributed by atoms with Crippen LogP contribution in [0.1, 0.15) is 11.3 Å². The number of nitrogens with one attached hydrogen (secondary N) is 1. The molecule has 2 amide bonds. The highest BCUT2D eigenvalue weighted by Gasteiger charge is 2.18. The number of aromatic nitrogens is 4. The van der Waals surface area contributed by atoms with E-state index in [1.807, 2.05) is 59.2 Å². The van der Waals surface area contributed by atoms with E-state index in [0.717, 1.165) is 16.9 Å². The zero-order chi connectivity index (χ0) is 21.5. The summed E-state index contributed by atoms with van der Waals surface area (Å²) in [6, 6.07) is 16.6. The standard InChI is InChI=1S/C22H19N5O3S/c28-19(12-16-6-2-1-3-7-16)24-20(29)15-31-22-26-25-21(17-8-4-10-23-13-17)27(22)14-18-9-5-11-30-18/h1-11,13H,12,14-15H2,(H,24,28,29). The summed E-state index contributed by atoms with van der Waals surface area (Å²) in [6.07, 6.45) is 5.13. The molecule has 1 N–H and O–H groups in total. The summed E-state index contributed by atoms with van der Waals surface area (Å²) in [4.78, 5) is 28.5. The number of carbonyl (C=O) groups is 2. The van der Waals surface area contributed by atoms with Crippen LogP contribution in [0.25, 0.3) is 11.4 Å². The molecule has 156 valence electrons. The van der Waals surface area contributed by atoms with Gasteiger partial charge in [0.1, 0.15) is 5.76 Å². The SMILES string of the molecule is O=C(CSc1nnc(-c2cccnc2)n1Cc1ccco1)NC(=O)Cc1ccccc1. The lowest BCUT2D eigenvalue weighted by molar-refractivity contribution is -0.128. The second-order valence-electron chi connectivity index (χ2n) is 6.64. The first-order valence-corrected chi connectivity index (χ1v) is 10.5. The molecule has 0 unspecified atom stereocenters. The number of pyridine rings is 1. The third-order valence-electron chi connectivity index (χ3n) is 4.35. The lowest BCUT2D eigenvalue weighted by Crippen LogP contribution is -2.33. The molecule has 31 heavy (non-hydrogen) atoms. The van der Waals surface area contributed by atoms with Gasteiger partial charge in [-0.25, -0.2) is 0 Å². The van der Waals surface area contributed by atoms with Crippen molar-refractivity contribution in [2.75, 3.05) is 5.75 Å². The van der Waals surface area contributed by atoms with Crippen LogP contribution in [0.5, 0.6) is 0 Å². The van der Waals surface area contributed by atoms with Gasteiger partial charge in [0.2, 0.25) is 11.8 Å². The van der Waals surface area contributed by atoms with E-state index in [1.54, 1.807) is 18.7 Å². The quantitative estimate of drug-likeness (QED) is 0.426. The number of hydrogen-bond donors (Lipinski definition) is 1. The van der Waals surface area contributed by atoms with E-state index in [2.05, 4.69) is 20.5 Å². The molecule has 0 radical (unpaired) electrons. The van der Waals surface area contributed by atoms with Crippen LogP contribution in [-0.2, 0) is 22.6 Å². The number of hydrogen-bond acceptors (Lipinski definition) is 7. The normalized spacial score (nSPS) is 10.7. The summed E-state index contributed by atoms with van der Waals surface area (Å²) in [5.41, 5.74) is 1.65. The minimum atomic E-state index is -0.388. The van der Waals surface area contributed by atoms with E-state index < -0.39 is 0 Å². The van der Waals surface area contributed by atoms with Gasteiger partial charge in [0.25, 0.3) is 0 Å². The summed E-state index contributed by atoms with van der Waals surface area (Å²) in [7, 11) is 0. The van der Waals surface area contributed by atoms with Gasteiger partial charge in [-0.2, -0.15) is 0 Å². The van der Waals surface area contributed by atoms with Crippen LogP contribution in [0.2, 0.25) is 0 Å². The largest absolute Gasteiger partial charge is 0.467 e. The lowest BCUT2D eigenvalue weighted by atomic mass is 10.1. The van der Waals surface area contributed by atoms with Gasteiger partial charge in [0.15, 0.2) is 11.0 Å². The Hall–Kier alpha value is -3.72. The fourth-order valence-electron chi connectivity index (χ4n) is 2.95. The molecule has 1 aromatic carbocycles. The van der Waals surface area contributed by atoms with Gasteiger partial charge in [0.05, 0.1) is 25.0 Å². The maximum atomic E-state index is 12.3. The fourth-order valence-corrected chi connectivity index (χ4v) is 3.69. The fraction of sp³-hybridized carbons (Fsp3) is 0.136. The first kappa shape index (κ1) is 20.5. The minimum Gasteiger partial charge on any atom is -0.467 e. The molecule has 0 fully saturated rings. The second-order valence-corrected chi connectivity index (χ2v) is 7.58. The van der Waals surface area contributed by atoms with E-state index >= 15 is 0 Å². The molecule has 4 aromatic rings. The molecule has 8 nitrogen and oxygen atoms in total. The number of benzene rings is 1. The average Bonchev–Trinajstić information content (AvgIpc) is 3.44. The van der Waals surface area contributed by atoms with Gasteiger partial charge in [-0.1, -0.05) is 42.1 Å². The summed E-state index contributed by atoms with van der Waals surface area (Å²) in [6.45, 7) is 0.404. The van der Waals surface area contributed by atoms with E-state index in [-0.39, 0.29) is 24.0 Å². The summed E-state index contributed by atoms with van der Waals surface area (Å²) in [5.74, 6) is 0.650. The highest BCUT2D eigenvalue weighted by Crippen LogP contribution is 2.24. The number of furan rings is 1. The van der Waals surface area contributed by atoms with Gasteiger partial charge in [-0.3, -0.25) is 24.5 Å². The van der Waals surface area contributed by atoms with Crippen LogP contribution in [0.3, 0.4) is 0 Å². The Bertz CT molecular complexity index is 1140. The van der Waals surface area contributed by atoms with Crippen molar-refractivity contribution in [3.63, 3.8) is 0 Å². The lowest BCUT2D eigenvalue weighted by Gasteiger charge is -2.09. The number of nitrogens with zero attached hydrogens (tertiary/aromatic N) is 4. The van der Waals surface area contributed by atoms with Crippen molar-refractivity contribution >= 4 is 23.6 Å². The highest BCUT2D eigenvalue weighted by atomic mass is 32.2.